The zero-order valence-electron chi connectivity index (χ0n) is 4.38. The van der Waals surface area contributed by atoms with Crippen molar-refractivity contribution in [2.24, 2.45) is 0 Å². The molecule has 0 heterocycles. The van der Waals surface area contributed by atoms with E-state index in [1.165, 1.54) is 0 Å². The van der Waals surface area contributed by atoms with Crippen LogP contribution in [0.3, 0.4) is 0 Å². The molecule has 0 bridgehead atoms. The van der Waals surface area contributed by atoms with Crippen molar-refractivity contribution in [3.8, 4) is 0 Å². The van der Waals surface area contributed by atoms with Gasteiger partial charge in [0.05, 0.1) is 0 Å². The Hall–Kier alpha value is 1.72. The van der Waals surface area contributed by atoms with Crippen LogP contribution in [0.25, 0.3) is 0 Å². The molecule has 0 atom stereocenters. The summed E-state index contributed by atoms with van der Waals surface area (Å²) >= 11 is 0. The summed E-state index contributed by atoms with van der Waals surface area (Å²) in [6.45, 7) is 0. The van der Waals surface area contributed by atoms with Crippen molar-refractivity contribution in [3.05, 3.63) is 0 Å². The number of hydrogen-bond donors (Lipinski definition) is 2. The topological polar surface area (TPSA) is 57.5 Å². The van der Waals surface area contributed by atoms with Crippen LogP contribution < -0.4 is 29.6 Å². The van der Waals surface area contributed by atoms with Gasteiger partial charge in [-0.3, -0.25) is 4.46 Å². The van der Waals surface area contributed by atoms with Crippen LogP contribution in [0.4, 0.5) is 0 Å². The van der Waals surface area contributed by atoms with Crippen LogP contribution in [-0.4, -0.2) is 18.8 Å². The van der Waals surface area contributed by atoms with E-state index in [1.807, 2.05) is 0 Å². The third kappa shape index (κ3) is 43.1. The summed E-state index contributed by atoms with van der Waals surface area (Å²) in [5.74, 6) is 0. The maximum Gasteiger partial charge on any atom is 1.00 e. The average Bonchev–Trinajstić information content (AvgIpc) is 0.811. The molecular formula is H3NaO3SiY. The van der Waals surface area contributed by atoms with Crippen LogP contribution in [0.2, 0.25) is 0 Å². The molecule has 0 unspecified atom stereocenters. The van der Waals surface area contributed by atoms with Gasteiger partial charge in [0.25, 0.3) is 0 Å². The van der Waals surface area contributed by atoms with Crippen molar-refractivity contribution >= 4 is 9.17 Å². The number of hydrogen-bond acceptors (Lipinski definition) is 1. The second-order valence-electron chi connectivity index (χ2n) is 0.283. The maximum atomic E-state index is 8.74. The van der Waals surface area contributed by atoms with Gasteiger partial charge in [0, 0.05) is 32.7 Å². The fourth-order valence-electron chi connectivity index (χ4n) is 0. The van der Waals surface area contributed by atoms with Gasteiger partial charge in [-0.1, -0.05) is 0 Å². The summed E-state index contributed by atoms with van der Waals surface area (Å²) in [5.41, 5.74) is 0. The molecule has 6 heteroatoms. The van der Waals surface area contributed by atoms with Crippen molar-refractivity contribution < 1.29 is 77.7 Å². The molecule has 0 aliphatic heterocycles. The Labute approximate surface area is 85.7 Å². The van der Waals surface area contributed by atoms with Gasteiger partial charge in [-0.25, -0.2) is 0 Å². The zero-order valence-corrected chi connectivity index (χ0v) is 9.22. The molecule has 0 aromatic heterocycles. The van der Waals surface area contributed by atoms with Gasteiger partial charge in [0.1, 0.15) is 0 Å². The summed E-state index contributed by atoms with van der Waals surface area (Å²) in [7, 11) is -3.13. The molecule has 0 rings (SSSR count). The molecule has 1 radical (unpaired) electrons. The van der Waals surface area contributed by atoms with Gasteiger partial charge in [-0.2, -0.15) is 0 Å². The van der Waals surface area contributed by atoms with Crippen molar-refractivity contribution in [3.63, 3.8) is 0 Å². The zero-order chi connectivity index (χ0) is 3.58. The summed E-state index contributed by atoms with van der Waals surface area (Å²) in [4.78, 5) is 14.3. The van der Waals surface area contributed by atoms with Gasteiger partial charge < -0.3 is 11.0 Å². The molecule has 0 saturated carbocycles. The van der Waals surface area contributed by atoms with Crippen molar-refractivity contribution in [2.45, 2.75) is 0 Å². The Bertz CT molecular complexity index is 37.9. The van der Waals surface area contributed by atoms with Gasteiger partial charge in [-0.05, 0) is 0 Å². The Kier molecular flexibility index (Phi) is 25.7. The van der Waals surface area contributed by atoms with Crippen LogP contribution in [0.5, 0.6) is 0 Å². The fourth-order valence-corrected chi connectivity index (χ4v) is 0. The molecule has 3 nitrogen and oxygen atoms in total. The van der Waals surface area contributed by atoms with E-state index in [0.29, 0.717) is 0 Å². The van der Waals surface area contributed by atoms with Crippen molar-refractivity contribution in [1.82, 2.24) is 0 Å². The van der Waals surface area contributed by atoms with Gasteiger partial charge in [0.15, 0.2) is 0 Å². The molecule has 0 amide bonds. The monoisotopic (exact) mass is 191 g/mol. The van der Waals surface area contributed by atoms with E-state index in [9.17, 15) is 0 Å². The van der Waals surface area contributed by atoms with E-state index in [1.54, 1.807) is 0 Å². The molecule has 0 fully saturated rings. The van der Waals surface area contributed by atoms with E-state index in [-0.39, 0.29) is 63.7 Å². The van der Waals surface area contributed by atoms with E-state index in [4.69, 9.17) is 14.1 Å². The Morgan fingerprint density at radius 1 is 1.50 bits per heavy atom. The minimum Gasteiger partial charge on any atom is -1.00 e. The minimum absolute atomic E-state index is 0. The summed E-state index contributed by atoms with van der Waals surface area (Å²) < 4.78 is 8.74. The first kappa shape index (κ1) is 15.6. The molecule has 0 spiro atoms. The van der Waals surface area contributed by atoms with Gasteiger partial charge in [0.2, 0.25) is 0 Å². The second-order valence-corrected chi connectivity index (χ2v) is 0.848. The largest absolute Gasteiger partial charge is 1.00 e. The number of rotatable bonds is 0. The summed E-state index contributed by atoms with van der Waals surface area (Å²) in [6, 6.07) is 0. The predicted molar refractivity (Wildman–Crippen MR) is 12.0 cm³/mol. The Morgan fingerprint density at radius 3 is 1.50 bits per heavy atom. The van der Waals surface area contributed by atoms with Crippen LogP contribution in [-0.2, 0) is 37.2 Å². The normalized spacial score (nSPS) is 4.00. The van der Waals surface area contributed by atoms with E-state index >= 15 is 0 Å². The van der Waals surface area contributed by atoms with E-state index in [2.05, 4.69) is 0 Å². The second kappa shape index (κ2) is 9.87. The van der Waals surface area contributed by atoms with Crippen LogP contribution in [0.15, 0.2) is 0 Å². The Morgan fingerprint density at radius 2 is 1.50 bits per heavy atom. The molecule has 0 saturated heterocycles. The third-order valence-corrected chi connectivity index (χ3v) is 0. The smallest absolute Gasteiger partial charge is 1.00 e. The first-order chi connectivity index (χ1) is 1.73. The van der Waals surface area contributed by atoms with Gasteiger partial charge in [-0.15, -0.1) is 0 Å². The van der Waals surface area contributed by atoms with E-state index in [0.717, 1.165) is 0 Å². The van der Waals surface area contributed by atoms with Crippen molar-refractivity contribution in [2.75, 3.05) is 0 Å². The molecule has 6 heavy (non-hydrogen) atoms. The first-order valence-electron chi connectivity index (χ1n) is 0.651. The standard InChI is InChI=1S/Na.H2O3Si.Y.H/c;1-4(2)3;;/h;1-2H;;/q+1;;;-1. The SMILES string of the molecule is O=[Si](O)O.[H-].[Na+].[Y]. The van der Waals surface area contributed by atoms with Crippen LogP contribution in [0.1, 0.15) is 1.43 Å². The summed E-state index contributed by atoms with van der Waals surface area (Å²) in [5, 5.41) is 0. The quantitative estimate of drug-likeness (QED) is 0.379. The van der Waals surface area contributed by atoms with Gasteiger partial charge >= 0.3 is 38.7 Å². The molecule has 0 aromatic rings. The molecular weight excluding hydrogens is 188 g/mol. The molecule has 0 aliphatic rings. The fraction of sp³-hybridized carbons (Fsp3) is 0. The first-order valence-corrected chi connectivity index (χ1v) is 1.95. The molecule has 29 valence electrons. The predicted octanol–water partition coefficient (Wildman–Crippen LogP) is -4.50. The molecule has 0 aromatic carbocycles. The average molecular weight is 191 g/mol. The van der Waals surface area contributed by atoms with E-state index < -0.39 is 9.17 Å². The van der Waals surface area contributed by atoms with Crippen molar-refractivity contribution in [1.29, 1.82) is 0 Å². The summed E-state index contributed by atoms with van der Waals surface area (Å²) in [6.07, 6.45) is 0. The van der Waals surface area contributed by atoms with Crippen LogP contribution >= 0.6 is 0 Å². The minimum atomic E-state index is -3.13. The molecule has 2 N–H and O–H groups in total. The maximum absolute atomic E-state index is 8.74. The third-order valence-electron chi connectivity index (χ3n) is 0. The molecule has 0 aliphatic carbocycles. The van der Waals surface area contributed by atoms with Crippen LogP contribution in [0, 0.1) is 0 Å². The Balaban J connectivity index is -0.0000000150.